The molecule has 2 rings (SSSR count). The minimum atomic E-state index is -0.387. The number of anilines is 1. The van der Waals surface area contributed by atoms with Crippen LogP contribution >= 0.6 is 0 Å². The molecule has 1 aromatic rings. The van der Waals surface area contributed by atoms with Crippen molar-refractivity contribution in [1.82, 2.24) is 0 Å². The number of nitro benzene ring substituents is 1. The van der Waals surface area contributed by atoms with E-state index in [4.69, 9.17) is 5.73 Å². The Hall–Kier alpha value is -1.58. The first-order chi connectivity index (χ1) is 8.18. The maximum Gasteiger partial charge on any atom is 0.292 e. The van der Waals surface area contributed by atoms with Gasteiger partial charge in [0.2, 0.25) is 0 Å². The largest absolute Gasteiger partial charge is 0.393 e. The van der Waals surface area contributed by atoms with Gasteiger partial charge in [0.15, 0.2) is 0 Å². The van der Waals surface area contributed by atoms with Crippen molar-refractivity contribution in [2.24, 2.45) is 0 Å². The fourth-order valence-electron chi connectivity index (χ4n) is 2.48. The number of hydrogen-bond acceptors (Lipinski definition) is 3. The smallest absolute Gasteiger partial charge is 0.292 e. The second-order valence-electron chi connectivity index (χ2n) is 4.70. The van der Waals surface area contributed by atoms with E-state index in [1.54, 1.807) is 12.1 Å². The van der Waals surface area contributed by atoms with E-state index in [9.17, 15) is 10.1 Å². The summed E-state index contributed by atoms with van der Waals surface area (Å²) in [6, 6.07) is 3.48. The minimum Gasteiger partial charge on any atom is -0.393 e. The molecule has 2 N–H and O–H groups in total. The van der Waals surface area contributed by atoms with E-state index in [0.717, 1.165) is 31.2 Å². The lowest BCUT2D eigenvalue weighted by Crippen LogP contribution is -2.01. The standard InChI is InChI=1S/C13H18N2O2/c14-12-8-10-6-4-2-1-3-5-7-11(10)9-13(12)15(16)17/h8-9H,1-7,14H2. The highest BCUT2D eigenvalue weighted by molar-refractivity contribution is 5.61. The molecule has 17 heavy (non-hydrogen) atoms. The molecule has 0 amide bonds. The zero-order chi connectivity index (χ0) is 12.3. The highest BCUT2D eigenvalue weighted by Gasteiger charge is 2.16. The van der Waals surface area contributed by atoms with Crippen LogP contribution in [0.5, 0.6) is 0 Å². The number of nitrogens with zero attached hydrogens (tertiary/aromatic N) is 1. The molecule has 0 aromatic heterocycles. The number of aryl methyl sites for hydroxylation is 2. The van der Waals surface area contributed by atoms with E-state index < -0.39 is 0 Å². The molecule has 0 heterocycles. The molecular formula is C13H18N2O2. The third-order valence-corrected chi connectivity index (χ3v) is 3.44. The van der Waals surface area contributed by atoms with Gasteiger partial charge < -0.3 is 5.73 Å². The predicted octanol–water partition coefficient (Wildman–Crippen LogP) is 3.23. The predicted molar refractivity (Wildman–Crippen MR) is 68.0 cm³/mol. The number of rotatable bonds is 1. The molecule has 4 nitrogen and oxygen atoms in total. The molecule has 0 bridgehead atoms. The van der Waals surface area contributed by atoms with Crippen molar-refractivity contribution in [2.75, 3.05) is 5.73 Å². The van der Waals surface area contributed by atoms with Crippen molar-refractivity contribution >= 4 is 11.4 Å². The van der Waals surface area contributed by atoms with Gasteiger partial charge in [-0.2, -0.15) is 0 Å². The summed E-state index contributed by atoms with van der Waals surface area (Å²) in [6.07, 6.45) is 7.95. The van der Waals surface area contributed by atoms with Gasteiger partial charge in [0.05, 0.1) is 4.92 Å². The molecule has 0 unspecified atom stereocenters. The van der Waals surface area contributed by atoms with Crippen LogP contribution in [0.15, 0.2) is 12.1 Å². The van der Waals surface area contributed by atoms with Crippen LogP contribution in [0.2, 0.25) is 0 Å². The molecule has 1 aliphatic rings. The zero-order valence-electron chi connectivity index (χ0n) is 9.95. The number of nitrogens with two attached hydrogens (primary N) is 1. The monoisotopic (exact) mass is 234 g/mol. The van der Waals surface area contributed by atoms with Gasteiger partial charge in [0, 0.05) is 6.07 Å². The quantitative estimate of drug-likeness (QED) is 0.460. The third kappa shape index (κ3) is 2.75. The van der Waals surface area contributed by atoms with Crippen LogP contribution in [0.25, 0.3) is 0 Å². The number of benzene rings is 1. The van der Waals surface area contributed by atoms with Crippen molar-refractivity contribution < 1.29 is 4.92 Å². The van der Waals surface area contributed by atoms with Gasteiger partial charge in [-0.1, -0.05) is 19.3 Å². The van der Waals surface area contributed by atoms with Crippen molar-refractivity contribution in [2.45, 2.75) is 44.9 Å². The first kappa shape index (κ1) is 11.9. The second kappa shape index (κ2) is 5.17. The van der Waals surface area contributed by atoms with Gasteiger partial charge in [-0.25, -0.2) is 0 Å². The zero-order valence-corrected chi connectivity index (χ0v) is 9.95. The summed E-state index contributed by atoms with van der Waals surface area (Å²) in [4.78, 5) is 10.5. The topological polar surface area (TPSA) is 69.2 Å². The SMILES string of the molecule is Nc1cc2c(cc1[N+](=O)[O-])CCCCCCC2. The summed E-state index contributed by atoms with van der Waals surface area (Å²) >= 11 is 0. The number of fused-ring (bicyclic) bond motifs is 1. The second-order valence-corrected chi connectivity index (χ2v) is 4.70. The summed E-state index contributed by atoms with van der Waals surface area (Å²) in [5.41, 5.74) is 8.41. The lowest BCUT2D eigenvalue weighted by molar-refractivity contribution is -0.384. The fraction of sp³-hybridized carbons (Fsp3) is 0.538. The average Bonchev–Trinajstić information content (AvgIpc) is 2.39. The molecular weight excluding hydrogens is 216 g/mol. The summed E-state index contributed by atoms with van der Waals surface area (Å²) < 4.78 is 0. The Kier molecular flexibility index (Phi) is 3.61. The number of hydrogen-bond donors (Lipinski definition) is 1. The summed E-state index contributed by atoms with van der Waals surface area (Å²) in [7, 11) is 0. The van der Waals surface area contributed by atoms with E-state index in [1.165, 1.54) is 24.8 Å². The van der Waals surface area contributed by atoms with Crippen LogP contribution in [0, 0.1) is 10.1 Å². The summed E-state index contributed by atoms with van der Waals surface area (Å²) in [5.74, 6) is 0. The van der Waals surface area contributed by atoms with Gasteiger partial charge in [-0.05, 0) is 42.9 Å². The van der Waals surface area contributed by atoms with Crippen LogP contribution in [0.1, 0.15) is 43.2 Å². The Balaban J connectivity index is 2.37. The van der Waals surface area contributed by atoms with E-state index in [-0.39, 0.29) is 10.6 Å². The normalized spacial score (nSPS) is 16.5. The lowest BCUT2D eigenvalue weighted by Gasteiger charge is -2.09. The van der Waals surface area contributed by atoms with Crippen LogP contribution in [0.3, 0.4) is 0 Å². The molecule has 0 saturated carbocycles. The first-order valence-electron chi connectivity index (χ1n) is 6.24. The first-order valence-corrected chi connectivity index (χ1v) is 6.24. The van der Waals surface area contributed by atoms with E-state index in [0.29, 0.717) is 5.69 Å². The van der Waals surface area contributed by atoms with E-state index in [2.05, 4.69) is 0 Å². The third-order valence-electron chi connectivity index (χ3n) is 3.44. The van der Waals surface area contributed by atoms with Gasteiger partial charge >= 0.3 is 0 Å². The van der Waals surface area contributed by atoms with Gasteiger partial charge in [0.1, 0.15) is 5.69 Å². The Morgan fingerprint density at radius 2 is 1.53 bits per heavy atom. The Morgan fingerprint density at radius 1 is 1.00 bits per heavy atom. The van der Waals surface area contributed by atoms with Gasteiger partial charge in [-0.15, -0.1) is 0 Å². The lowest BCUT2D eigenvalue weighted by atomic mass is 9.98. The van der Waals surface area contributed by atoms with E-state index >= 15 is 0 Å². The number of nitro groups is 1. The molecule has 0 radical (unpaired) electrons. The van der Waals surface area contributed by atoms with Crippen LogP contribution in [-0.2, 0) is 12.8 Å². The summed E-state index contributed by atoms with van der Waals surface area (Å²) in [5, 5.41) is 10.9. The van der Waals surface area contributed by atoms with Crippen LogP contribution < -0.4 is 5.73 Å². The van der Waals surface area contributed by atoms with Crippen molar-refractivity contribution in [3.8, 4) is 0 Å². The molecule has 1 aromatic carbocycles. The molecule has 1 aliphatic carbocycles. The Bertz CT molecular complexity index is 430. The number of nitrogen functional groups attached to an aromatic ring is 1. The minimum absolute atomic E-state index is 0.0583. The van der Waals surface area contributed by atoms with Gasteiger partial charge in [0.25, 0.3) is 5.69 Å². The Morgan fingerprint density at radius 3 is 2.12 bits per heavy atom. The van der Waals surface area contributed by atoms with Gasteiger partial charge in [-0.3, -0.25) is 10.1 Å². The fourth-order valence-corrected chi connectivity index (χ4v) is 2.48. The maximum atomic E-state index is 10.9. The molecule has 0 saturated heterocycles. The van der Waals surface area contributed by atoms with Crippen LogP contribution in [0.4, 0.5) is 11.4 Å². The molecule has 0 fully saturated rings. The highest BCUT2D eigenvalue weighted by Crippen LogP contribution is 2.29. The molecule has 4 heteroatoms. The maximum absolute atomic E-state index is 10.9. The van der Waals surface area contributed by atoms with Crippen molar-refractivity contribution in [3.05, 3.63) is 33.4 Å². The molecule has 0 aliphatic heterocycles. The average molecular weight is 234 g/mol. The molecule has 0 atom stereocenters. The Labute approximate surface area is 101 Å². The van der Waals surface area contributed by atoms with E-state index in [1.807, 2.05) is 0 Å². The van der Waals surface area contributed by atoms with Crippen molar-refractivity contribution in [3.63, 3.8) is 0 Å². The molecule has 92 valence electrons. The summed E-state index contributed by atoms with van der Waals surface area (Å²) in [6.45, 7) is 0. The highest BCUT2D eigenvalue weighted by atomic mass is 16.6. The van der Waals surface area contributed by atoms with Crippen molar-refractivity contribution in [1.29, 1.82) is 0 Å². The van der Waals surface area contributed by atoms with Crippen LogP contribution in [-0.4, -0.2) is 4.92 Å². The molecule has 0 spiro atoms.